The summed E-state index contributed by atoms with van der Waals surface area (Å²) in [7, 11) is 1.64. The predicted molar refractivity (Wildman–Crippen MR) is 55.8 cm³/mol. The van der Waals surface area contributed by atoms with Gasteiger partial charge in [-0.1, -0.05) is 5.16 Å². The SMILES string of the molecule is COCCOCCc1noc(C2(N)CC2)n1. The van der Waals surface area contributed by atoms with Crippen LogP contribution in [0.4, 0.5) is 0 Å². The molecule has 2 rings (SSSR count). The summed E-state index contributed by atoms with van der Waals surface area (Å²) in [6, 6.07) is 0. The topological polar surface area (TPSA) is 83.4 Å². The largest absolute Gasteiger partial charge is 0.382 e. The molecule has 0 aliphatic heterocycles. The number of nitrogens with zero attached hydrogens (tertiary/aromatic N) is 2. The van der Waals surface area contributed by atoms with Gasteiger partial charge in [-0.3, -0.25) is 0 Å². The zero-order chi connectivity index (χ0) is 11.4. The molecule has 0 saturated heterocycles. The van der Waals surface area contributed by atoms with Crippen molar-refractivity contribution in [3.8, 4) is 0 Å². The molecule has 1 fully saturated rings. The maximum Gasteiger partial charge on any atom is 0.246 e. The first-order valence-corrected chi connectivity index (χ1v) is 5.43. The highest BCUT2D eigenvalue weighted by molar-refractivity contribution is 5.11. The number of methoxy groups -OCH3 is 1. The van der Waals surface area contributed by atoms with Gasteiger partial charge >= 0.3 is 0 Å². The van der Waals surface area contributed by atoms with E-state index in [0.717, 1.165) is 12.8 Å². The fourth-order valence-electron chi connectivity index (χ4n) is 1.31. The van der Waals surface area contributed by atoms with Crippen LogP contribution >= 0.6 is 0 Å². The van der Waals surface area contributed by atoms with Crippen molar-refractivity contribution in [2.75, 3.05) is 26.9 Å². The highest BCUT2D eigenvalue weighted by Gasteiger charge is 2.45. The molecule has 0 atom stereocenters. The Bertz CT molecular complexity index is 336. The van der Waals surface area contributed by atoms with Crippen LogP contribution in [0.1, 0.15) is 24.6 Å². The van der Waals surface area contributed by atoms with E-state index in [4.69, 9.17) is 19.7 Å². The first-order chi connectivity index (χ1) is 7.74. The summed E-state index contributed by atoms with van der Waals surface area (Å²) in [5.41, 5.74) is 5.59. The van der Waals surface area contributed by atoms with Gasteiger partial charge < -0.3 is 19.7 Å². The van der Waals surface area contributed by atoms with Gasteiger partial charge in [-0.15, -0.1) is 0 Å². The van der Waals surface area contributed by atoms with E-state index in [1.54, 1.807) is 7.11 Å². The molecule has 0 bridgehead atoms. The Morgan fingerprint density at radius 2 is 2.19 bits per heavy atom. The standard InChI is InChI=1S/C10H17N3O3/c1-14-6-7-15-5-2-8-12-9(16-13-8)10(11)3-4-10/h2-7,11H2,1H3. The monoisotopic (exact) mass is 227 g/mol. The molecule has 1 aliphatic carbocycles. The van der Waals surface area contributed by atoms with Crippen molar-refractivity contribution in [3.63, 3.8) is 0 Å². The van der Waals surface area contributed by atoms with Crippen LogP contribution in [0, 0.1) is 0 Å². The fourth-order valence-corrected chi connectivity index (χ4v) is 1.31. The second-order valence-electron chi connectivity index (χ2n) is 4.03. The van der Waals surface area contributed by atoms with Crippen LogP contribution in [0.3, 0.4) is 0 Å². The number of nitrogens with two attached hydrogens (primary N) is 1. The summed E-state index contributed by atoms with van der Waals surface area (Å²) in [5.74, 6) is 1.21. The molecule has 6 heteroatoms. The molecule has 90 valence electrons. The quantitative estimate of drug-likeness (QED) is 0.671. The van der Waals surface area contributed by atoms with Crippen molar-refractivity contribution >= 4 is 0 Å². The van der Waals surface area contributed by atoms with E-state index >= 15 is 0 Å². The molecular weight excluding hydrogens is 210 g/mol. The Kier molecular flexibility index (Phi) is 3.52. The van der Waals surface area contributed by atoms with Crippen LogP contribution in [-0.4, -0.2) is 37.1 Å². The van der Waals surface area contributed by atoms with Gasteiger partial charge in [0.1, 0.15) is 0 Å². The highest BCUT2D eigenvalue weighted by atomic mass is 16.5. The average molecular weight is 227 g/mol. The van der Waals surface area contributed by atoms with Crippen LogP contribution in [0.25, 0.3) is 0 Å². The molecule has 16 heavy (non-hydrogen) atoms. The minimum Gasteiger partial charge on any atom is -0.382 e. The summed E-state index contributed by atoms with van der Waals surface area (Å²) >= 11 is 0. The Labute approximate surface area is 94.1 Å². The lowest BCUT2D eigenvalue weighted by Gasteiger charge is -2.00. The van der Waals surface area contributed by atoms with Gasteiger partial charge in [-0.25, -0.2) is 0 Å². The molecule has 1 aliphatic rings. The Morgan fingerprint density at radius 3 is 2.88 bits per heavy atom. The van der Waals surface area contributed by atoms with Gasteiger partial charge in [0.15, 0.2) is 5.82 Å². The third-order valence-corrected chi connectivity index (χ3v) is 2.58. The summed E-state index contributed by atoms with van der Waals surface area (Å²) in [4.78, 5) is 4.25. The van der Waals surface area contributed by atoms with Gasteiger partial charge in [0.2, 0.25) is 5.89 Å². The van der Waals surface area contributed by atoms with Gasteiger partial charge in [0.05, 0.1) is 25.4 Å². The van der Waals surface area contributed by atoms with Gasteiger partial charge in [-0.05, 0) is 12.8 Å². The van der Waals surface area contributed by atoms with E-state index in [0.29, 0.717) is 38.0 Å². The van der Waals surface area contributed by atoms with Crippen molar-refractivity contribution < 1.29 is 14.0 Å². The lowest BCUT2D eigenvalue weighted by molar-refractivity contribution is 0.0714. The Balaban J connectivity index is 1.71. The zero-order valence-electron chi connectivity index (χ0n) is 9.44. The number of hydrogen-bond acceptors (Lipinski definition) is 6. The molecule has 1 aromatic rings. The van der Waals surface area contributed by atoms with Crippen molar-refractivity contribution in [2.45, 2.75) is 24.8 Å². The Morgan fingerprint density at radius 1 is 1.38 bits per heavy atom. The highest BCUT2D eigenvalue weighted by Crippen LogP contribution is 2.41. The minimum absolute atomic E-state index is 0.345. The number of ether oxygens (including phenoxy) is 2. The molecule has 1 saturated carbocycles. The molecule has 0 radical (unpaired) electrons. The van der Waals surface area contributed by atoms with Crippen LogP contribution in [0.5, 0.6) is 0 Å². The third kappa shape index (κ3) is 2.78. The first kappa shape index (κ1) is 11.5. The second-order valence-corrected chi connectivity index (χ2v) is 4.03. The van der Waals surface area contributed by atoms with Crippen molar-refractivity contribution in [3.05, 3.63) is 11.7 Å². The van der Waals surface area contributed by atoms with E-state index in [1.807, 2.05) is 0 Å². The van der Waals surface area contributed by atoms with E-state index in [9.17, 15) is 0 Å². The number of rotatable bonds is 7. The first-order valence-electron chi connectivity index (χ1n) is 5.43. The number of hydrogen-bond donors (Lipinski definition) is 1. The lowest BCUT2D eigenvalue weighted by atomic mass is 10.3. The maximum absolute atomic E-state index is 5.93. The average Bonchev–Trinajstić information content (AvgIpc) is 2.85. The lowest BCUT2D eigenvalue weighted by Crippen LogP contribution is -2.19. The Hall–Kier alpha value is -0.980. The summed E-state index contributed by atoms with van der Waals surface area (Å²) < 4.78 is 15.3. The fraction of sp³-hybridized carbons (Fsp3) is 0.800. The van der Waals surface area contributed by atoms with E-state index in [2.05, 4.69) is 10.1 Å². The summed E-state index contributed by atoms with van der Waals surface area (Å²) in [5, 5.41) is 3.86. The maximum atomic E-state index is 5.93. The summed E-state index contributed by atoms with van der Waals surface area (Å²) in [6.45, 7) is 1.76. The smallest absolute Gasteiger partial charge is 0.246 e. The molecule has 0 unspecified atom stereocenters. The van der Waals surface area contributed by atoms with Gasteiger partial charge in [0, 0.05) is 13.5 Å². The predicted octanol–water partition coefficient (Wildman–Crippen LogP) is 0.223. The minimum atomic E-state index is -0.345. The van der Waals surface area contributed by atoms with Crippen LogP contribution in [0.15, 0.2) is 4.52 Å². The third-order valence-electron chi connectivity index (χ3n) is 2.58. The van der Waals surface area contributed by atoms with Gasteiger partial charge in [-0.2, -0.15) is 4.98 Å². The van der Waals surface area contributed by atoms with Crippen molar-refractivity contribution in [1.29, 1.82) is 0 Å². The van der Waals surface area contributed by atoms with Gasteiger partial charge in [0.25, 0.3) is 0 Å². The van der Waals surface area contributed by atoms with Crippen LogP contribution in [0.2, 0.25) is 0 Å². The molecule has 6 nitrogen and oxygen atoms in total. The van der Waals surface area contributed by atoms with E-state index in [-0.39, 0.29) is 5.54 Å². The second kappa shape index (κ2) is 4.90. The number of aromatic nitrogens is 2. The summed E-state index contributed by atoms with van der Waals surface area (Å²) in [6.07, 6.45) is 2.50. The normalized spacial score (nSPS) is 17.6. The molecule has 2 N–H and O–H groups in total. The molecule has 1 heterocycles. The molecule has 0 spiro atoms. The van der Waals surface area contributed by atoms with E-state index < -0.39 is 0 Å². The molecule has 0 aromatic carbocycles. The van der Waals surface area contributed by atoms with Crippen molar-refractivity contribution in [1.82, 2.24) is 10.1 Å². The van der Waals surface area contributed by atoms with Crippen molar-refractivity contribution in [2.24, 2.45) is 5.73 Å². The molecule has 1 aromatic heterocycles. The molecule has 0 amide bonds. The zero-order valence-corrected chi connectivity index (χ0v) is 9.44. The van der Waals surface area contributed by atoms with Crippen LogP contribution < -0.4 is 5.73 Å². The molecular formula is C10H17N3O3. The van der Waals surface area contributed by atoms with E-state index in [1.165, 1.54) is 0 Å². The van der Waals surface area contributed by atoms with Crippen LogP contribution in [-0.2, 0) is 21.4 Å².